The normalized spacial score (nSPS) is 14.1. The van der Waals surface area contributed by atoms with E-state index in [9.17, 15) is 14.4 Å². The summed E-state index contributed by atoms with van der Waals surface area (Å²) in [6.07, 6.45) is 1.49. The van der Waals surface area contributed by atoms with Gasteiger partial charge in [0.05, 0.1) is 18.5 Å². The highest BCUT2D eigenvalue weighted by Gasteiger charge is 2.43. The Morgan fingerprint density at radius 3 is 1.77 bits per heavy atom. The van der Waals surface area contributed by atoms with Crippen molar-refractivity contribution in [1.29, 1.82) is 0 Å². The van der Waals surface area contributed by atoms with Crippen molar-refractivity contribution in [3.8, 4) is 5.75 Å². The first kappa shape index (κ1) is 20.8. The van der Waals surface area contributed by atoms with Crippen molar-refractivity contribution in [3.63, 3.8) is 0 Å². The number of nitrogens with zero attached hydrogens (tertiary/aromatic N) is 2. The number of para-hydroxylation sites is 2. The average molecular weight is 524 g/mol. The topological polar surface area (TPSA) is 66.9 Å². The number of hydrogen-bond acceptors (Lipinski definition) is 4. The van der Waals surface area contributed by atoms with Gasteiger partial charge in [-0.15, -0.1) is 0 Å². The van der Waals surface area contributed by atoms with Crippen LogP contribution in [0.1, 0.15) is 5.56 Å². The van der Waals surface area contributed by atoms with E-state index in [0.717, 1.165) is 13.4 Å². The van der Waals surface area contributed by atoms with Gasteiger partial charge in [-0.1, -0.05) is 36.4 Å². The first-order valence-electron chi connectivity index (χ1n) is 9.39. The van der Waals surface area contributed by atoms with E-state index < -0.39 is 17.8 Å². The zero-order valence-corrected chi connectivity index (χ0v) is 18.6. The van der Waals surface area contributed by atoms with Gasteiger partial charge < -0.3 is 4.74 Å². The minimum atomic E-state index is -0.718. The second kappa shape index (κ2) is 8.73. The van der Waals surface area contributed by atoms with Crippen LogP contribution in [-0.2, 0) is 9.59 Å². The second-order valence-electron chi connectivity index (χ2n) is 6.72. The molecule has 3 aromatic carbocycles. The predicted octanol–water partition coefficient (Wildman–Crippen LogP) is 4.88. The van der Waals surface area contributed by atoms with E-state index in [1.54, 1.807) is 73.8 Å². The number of halogens is 1. The van der Waals surface area contributed by atoms with E-state index in [2.05, 4.69) is 22.6 Å². The second-order valence-corrected chi connectivity index (χ2v) is 7.96. The van der Waals surface area contributed by atoms with Crippen LogP contribution in [0.3, 0.4) is 0 Å². The number of barbiturate groups is 1. The Labute approximate surface area is 192 Å². The van der Waals surface area contributed by atoms with Gasteiger partial charge in [0.1, 0.15) is 11.3 Å². The number of carbonyl (C=O) groups is 3. The number of rotatable bonds is 4. The van der Waals surface area contributed by atoms with E-state index in [1.807, 2.05) is 12.1 Å². The van der Waals surface area contributed by atoms with Gasteiger partial charge in [-0.05, 0) is 76.7 Å². The van der Waals surface area contributed by atoms with E-state index >= 15 is 0 Å². The molecule has 1 aliphatic rings. The summed E-state index contributed by atoms with van der Waals surface area (Å²) in [4.78, 5) is 41.9. The SMILES string of the molecule is COc1cc(I)cc(C=C2C(=O)N(c3ccccc3)C(=O)N(c3ccccc3)C2=O)c1. The van der Waals surface area contributed by atoms with Gasteiger partial charge >= 0.3 is 6.03 Å². The third-order valence-electron chi connectivity index (χ3n) is 4.72. The first-order valence-corrected chi connectivity index (χ1v) is 10.5. The number of methoxy groups -OCH3 is 1. The molecular weight excluding hydrogens is 507 g/mol. The summed E-state index contributed by atoms with van der Waals surface area (Å²) in [5.41, 5.74) is 1.28. The largest absolute Gasteiger partial charge is 0.497 e. The van der Waals surface area contributed by atoms with E-state index in [1.165, 1.54) is 6.08 Å². The molecular formula is C24H17IN2O4. The van der Waals surface area contributed by atoms with Gasteiger partial charge in [-0.25, -0.2) is 14.6 Å². The third-order valence-corrected chi connectivity index (χ3v) is 5.34. The number of ether oxygens (including phenoxy) is 1. The highest BCUT2D eigenvalue weighted by atomic mass is 127. The van der Waals surface area contributed by atoms with E-state index in [4.69, 9.17) is 4.74 Å². The van der Waals surface area contributed by atoms with Crippen LogP contribution in [0.15, 0.2) is 84.4 Å². The fraction of sp³-hybridized carbons (Fsp3) is 0.0417. The summed E-state index contributed by atoms with van der Waals surface area (Å²) in [7, 11) is 1.55. The monoisotopic (exact) mass is 524 g/mol. The number of imide groups is 2. The maximum Gasteiger partial charge on any atom is 0.343 e. The zero-order valence-electron chi connectivity index (χ0n) is 16.5. The van der Waals surface area contributed by atoms with Crippen molar-refractivity contribution >= 4 is 57.9 Å². The Hall–Kier alpha value is -3.46. The quantitative estimate of drug-likeness (QED) is 0.277. The summed E-state index contributed by atoms with van der Waals surface area (Å²) in [5, 5.41) is 0. The lowest BCUT2D eigenvalue weighted by Crippen LogP contribution is -2.57. The summed E-state index contributed by atoms with van der Waals surface area (Å²) >= 11 is 2.14. The van der Waals surface area contributed by atoms with Crippen molar-refractivity contribution in [3.05, 3.63) is 93.6 Å². The van der Waals surface area contributed by atoms with E-state index in [-0.39, 0.29) is 5.57 Å². The third kappa shape index (κ3) is 4.09. The minimum Gasteiger partial charge on any atom is -0.497 e. The molecule has 4 amide bonds. The van der Waals surface area contributed by atoms with Crippen molar-refractivity contribution in [2.45, 2.75) is 0 Å². The Bertz CT molecular complexity index is 1130. The van der Waals surface area contributed by atoms with Gasteiger partial charge in [0.25, 0.3) is 11.8 Å². The van der Waals surface area contributed by atoms with Crippen molar-refractivity contribution in [1.82, 2.24) is 0 Å². The van der Waals surface area contributed by atoms with Crippen molar-refractivity contribution < 1.29 is 19.1 Å². The van der Waals surface area contributed by atoms with Crippen LogP contribution in [0.4, 0.5) is 16.2 Å². The van der Waals surface area contributed by atoms with Crippen LogP contribution < -0.4 is 14.5 Å². The Morgan fingerprint density at radius 2 is 1.29 bits per heavy atom. The van der Waals surface area contributed by atoms with Crippen LogP contribution in [0.2, 0.25) is 0 Å². The molecule has 0 N–H and O–H groups in total. The van der Waals surface area contributed by atoms with Crippen LogP contribution in [0, 0.1) is 3.57 Å². The lowest BCUT2D eigenvalue weighted by atomic mass is 10.0. The molecule has 31 heavy (non-hydrogen) atoms. The smallest absolute Gasteiger partial charge is 0.343 e. The van der Waals surface area contributed by atoms with E-state index in [0.29, 0.717) is 22.7 Å². The molecule has 0 bridgehead atoms. The van der Waals surface area contributed by atoms with Gasteiger partial charge in [0, 0.05) is 3.57 Å². The van der Waals surface area contributed by atoms with Crippen LogP contribution >= 0.6 is 22.6 Å². The van der Waals surface area contributed by atoms with Gasteiger partial charge in [0.15, 0.2) is 0 Å². The summed E-state index contributed by atoms with van der Waals surface area (Å²) in [6.45, 7) is 0. The number of anilines is 2. The molecule has 0 aromatic heterocycles. The van der Waals surface area contributed by atoms with Crippen LogP contribution in [0.5, 0.6) is 5.75 Å². The number of amides is 4. The van der Waals surface area contributed by atoms with Crippen molar-refractivity contribution in [2.24, 2.45) is 0 Å². The first-order chi connectivity index (χ1) is 15.0. The number of hydrogen-bond donors (Lipinski definition) is 0. The summed E-state index contributed by atoms with van der Waals surface area (Å²) in [5.74, 6) is -0.747. The van der Waals surface area contributed by atoms with Crippen LogP contribution in [0.25, 0.3) is 6.08 Å². The molecule has 0 spiro atoms. The Balaban J connectivity index is 1.87. The maximum absolute atomic E-state index is 13.3. The van der Waals surface area contributed by atoms with Crippen molar-refractivity contribution in [2.75, 3.05) is 16.9 Å². The molecule has 0 saturated carbocycles. The molecule has 154 valence electrons. The number of urea groups is 1. The fourth-order valence-electron chi connectivity index (χ4n) is 3.29. The Kier molecular flexibility index (Phi) is 5.85. The highest BCUT2D eigenvalue weighted by Crippen LogP contribution is 2.30. The average Bonchev–Trinajstić information content (AvgIpc) is 2.78. The molecule has 3 aromatic rings. The highest BCUT2D eigenvalue weighted by molar-refractivity contribution is 14.1. The molecule has 6 nitrogen and oxygen atoms in total. The molecule has 0 unspecified atom stereocenters. The lowest BCUT2D eigenvalue weighted by Gasteiger charge is -2.33. The minimum absolute atomic E-state index is 0.114. The Morgan fingerprint density at radius 1 is 0.774 bits per heavy atom. The molecule has 0 radical (unpaired) electrons. The number of carbonyl (C=O) groups excluding carboxylic acids is 3. The van der Waals surface area contributed by atoms with Gasteiger partial charge in [-0.2, -0.15) is 0 Å². The maximum atomic E-state index is 13.3. The molecule has 1 saturated heterocycles. The molecule has 1 fully saturated rings. The summed E-state index contributed by atoms with van der Waals surface area (Å²) in [6, 6.07) is 21.8. The number of benzene rings is 3. The molecule has 0 aliphatic carbocycles. The molecule has 7 heteroatoms. The standard InChI is InChI=1S/C24H17IN2O4/c1-31-20-13-16(12-17(25)15-20)14-21-22(28)26(18-8-4-2-5-9-18)24(30)27(23(21)29)19-10-6-3-7-11-19/h2-15H,1H3. The van der Waals surface area contributed by atoms with Gasteiger partial charge in [-0.3, -0.25) is 9.59 Å². The molecule has 4 rings (SSSR count). The fourth-order valence-corrected chi connectivity index (χ4v) is 3.96. The summed E-state index contributed by atoms with van der Waals surface area (Å²) < 4.78 is 6.18. The lowest BCUT2D eigenvalue weighted by molar-refractivity contribution is -0.121. The predicted molar refractivity (Wildman–Crippen MR) is 127 cm³/mol. The molecule has 1 heterocycles. The zero-order chi connectivity index (χ0) is 22.0. The molecule has 0 atom stereocenters. The molecule has 1 aliphatic heterocycles. The van der Waals surface area contributed by atoms with Crippen LogP contribution in [-0.4, -0.2) is 25.0 Å². The van der Waals surface area contributed by atoms with Gasteiger partial charge in [0.2, 0.25) is 0 Å².